The second kappa shape index (κ2) is 8.58. The molecule has 5 nitrogen and oxygen atoms in total. The van der Waals surface area contributed by atoms with Crippen molar-refractivity contribution in [2.24, 2.45) is 0 Å². The Morgan fingerprint density at radius 1 is 0.913 bits per heavy atom. The highest BCUT2D eigenvalue weighted by atomic mass is 16.6. The molecule has 0 heterocycles. The van der Waals surface area contributed by atoms with E-state index >= 15 is 0 Å². The van der Waals surface area contributed by atoms with Crippen LogP contribution >= 0.6 is 0 Å². The lowest BCUT2D eigenvalue weighted by Gasteiger charge is -2.20. The summed E-state index contributed by atoms with van der Waals surface area (Å²) >= 11 is 0. The minimum atomic E-state index is -1.06. The van der Waals surface area contributed by atoms with Gasteiger partial charge in [0, 0.05) is 6.54 Å². The highest BCUT2D eigenvalue weighted by Gasteiger charge is 2.18. The fourth-order valence-corrected chi connectivity index (χ4v) is 2.12. The molecule has 0 aliphatic heterocycles. The Bertz CT molecular complexity index is 628. The lowest BCUT2D eigenvalue weighted by molar-refractivity contribution is -0.138. The number of benzene rings is 2. The van der Waals surface area contributed by atoms with Gasteiger partial charge in [-0.15, -0.1) is 0 Å². The lowest BCUT2D eigenvalue weighted by Crippen LogP contribution is -2.37. The molecular weight excluding hydrogens is 294 g/mol. The quantitative estimate of drug-likeness (QED) is 0.853. The summed E-state index contributed by atoms with van der Waals surface area (Å²) in [6.45, 7) is 0.0471. The van der Waals surface area contributed by atoms with Crippen molar-refractivity contribution in [3.05, 3.63) is 71.8 Å². The van der Waals surface area contributed by atoms with Gasteiger partial charge >= 0.3 is 12.1 Å². The number of carboxylic acids is 1. The standard InChI is InChI=1S/C18H19NO4/c20-17(21)13-19(12-11-15-7-3-1-4-8-15)18(22)23-14-16-9-5-2-6-10-16/h1-10H,11-14H2,(H,20,21). The second-order valence-electron chi connectivity index (χ2n) is 5.09. The maximum absolute atomic E-state index is 12.1. The molecule has 1 amide bonds. The first-order valence-corrected chi connectivity index (χ1v) is 7.36. The van der Waals surface area contributed by atoms with Crippen LogP contribution in [0.5, 0.6) is 0 Å². The molecule has 0 saturated carbocycles. The van der Waals surface area contributed by atoms with Gasteiger partial charge in [-0.1, -0.05) is 60.7 Å². The topological polar surface area (TPSA) is 66.8 Å². The van der Waals surface area contributed by atoms with E-state index in [-0.39, 0.29) is 13.2 Å². The third-order valence-corrected chi connectivity index (χ3v) is 3.30. The fourth-order valence-electron chi connectivity index (χ4n) is 2.12. The first-order valence-electron chi connectivity index (χ1n) is 7.36. The molecule has 0 fully saturated rings. The van der Waals surface area contributed by atoms with E-state index in [4.69, 9.17) is 9.84 Å². The number of carboxylic acid groups (broad SMARTS) is 1. The van der Waals surface area contributed by atoms with E-state index in [0.29, 0.717) is 13.0 Å². The van der Waals surface area contributed by atoms with E-state index < -0.39 is 12.1 Å². The van der Waals surface area contributed by atoms with Crippen molar-refractivity contribution in [1.82, 2.24) is 4.90 Å². The van der Waals surface area contributed by atoms with Crippen molar-refractivity contribution in [1.29, 1.82) is 0 Å². The predicted octanol–water partition coefficient (Wildman–Crippen LogP) is 2.95. The van der Waals surface area contributed by atoms with Crippen LogP contribution in [-0.4, -0.2) is 35.2 Å². The monoisotopic (exact) mass is 313 g/mol. The summed E-state index contributed by atoms with van der Waals surface area (Å²) in [6, 6.07) is 18.9. The molecule has 0 saturated heterocycles. The average molecular weight is 313 g/mol. The maximum atomic E-state index is 12.1. The van der Waals surface area contributed by atoms with Crippen molar-refractivity contribution in [2.75, 3.05) is 13.1 Å². The van der Waals surface area contributed by atoms with Crippen molar-refractivity contribution >= 4 is 12.1 Å². The van der Waals surface area contributed by atoms with Crippen LogP contribution in [0.3, 0.4) is 0 Å². The molecule has 2 rings (SSSR count). The van der Waals surface area contributed by atoms with Gasteiger partial charge in [0.15, 0.2) is 0 Å². The van der Waals surface area contributed by atoms with Crippen LogP contribution in [0, 0.1) is 0 Å². The molecule has 1 N–H and O–H groups in total. The van der Waals surface area contributed by atoms with E-state index in [1.807, 2.05) is 60.7 Å². The number of aliphatic carboxylic acids is 1. The zero-order chi connectivity index (χ0) is 16.5. The summed E-state index contributed by atoms with van der Waals surface area (Å²) in [6.07, 6.45) is -0.0404. The van der Waals surface area contributed by atoms with Gasteiger partial charge in [-0.2, -0.15) is 0 Å². The normalized spacial score (nSPS) is 10.1. The Morgan fingerprint density at radius 3 is 2.04 bits per heavy atom. The summed E-state index contributed by atoms with van der Waals surface area (Å²) < 4.78 is 5.20. The van der Waals surface area contributed by atoms with Crippen LogP contribution in [0.15, 0.2) is 60.7 Å². The zero-order valence-electron chi connectivity index (χ0n) is 12.7. The second-order valence-corrected chi connectivity index (χ2v) is 5.09. The van der Waals surface area contributed by atoms with Gasteiger partial charge in [-0.3, -0.25) is 9.69 Å². The maximum Gasteiger partial charge on any atom is 0.410 e. The predicted molar refractivity (Wildman–Crippen MR) is 86.0 cm³/mol. The van der Waals surface area contributed by atoms with Gasteiger partial charge in [-0.05, 0) is 17.5 Å². The third-order valence-electron chi connectivity index (χ3n) is 3.30. The summed E-state index contributed by atoms with van der Waals surface area (Å²) in [5, 5.41) is 8.97. The molecule has 0 aliphatic carbocycles. The molecular formula is C18H19NO4. The van der Waals surface area contributed by atoms with E-state index in [1.54, 1.807) is 0 Å². The Hall–Kier alpha value is -2.82. The van der Waals surface area contributed by atoms with E-state index in [1.165, 1.54) is 4.90 Å². The molecule has 0 aromatic heterocycles. The van der Waals surface area contributed by atoms with E-state index in [2.05, 4.69) is 0 Å². The van der Waals surface area contributed by atoms with Gasteiger partial charge in [0.1, 0.15) is 13.2 Å². The van der Waals surface area contributed by atoms with Gasteiger partial charge in [0.2, 0.25) is 0 Å². The number of nitrogens with zero attached hydrogens (tertiary/aromatic N) is 1. The zero-order valence-corrected chi connectivity index (χ0v) is 12.7. The lowest BCUT2D eigenvalue weighted by atomic mass is 10.1. The Balaban J connectivity index is 1.91. The first kappa shape index (κ1) is 16.5. The molecule has 2 aromatic carbocycles. The van der Waals surface area contributed by atoms with Crippen molar-refractivity contribution in [3.63, 3.8) is 0 Å². The summed E-state index contributed by atoms with van der Waals surface area (Å²) in [5.74, 6) is -1.06. The summed E-state index contributed by atoms with van der Waals surface area (Å²) in [7, 11) is 0. The minimum Gasteiger partial charge on any atom is -0.480 e. The van der Waals surface area contributed by atoms with E-state index in [9.17, 15) is 9.59 Å². The number of rotatable bonds is 7. The minimum absolute atomic E-state index is 0.126. The van der Waals surface area contributed by atoms with Crippen LogP contribution in [0.2, 0.25) is 0 Å². The number of carbonyl (C=O) groups is 2. The van der Waals surface area contributed by atoms with Crippen LogP contribution < -0.4 is 0 Å². The Morgan fingerprint density at radius 2 is 1.48 bits per heavy atom. The number of hydrogen-bond donors (Lipinski definition) is 1. The van der Waals surface area contributed by atoms with Gasteiger partial charge < -0.3 is 9.84 Å². The van der Waals surface area contributed by atoms with Gasteiger partial charge in [0.05, 0.1) is 0 Å². The fraction of sp³-hybridized carbons (Fsp3) is 0.222. The first-order chi connectivity index (χ1) is 11.1. The highest BCUT2D eigenvalue weighted by Crippen LogP contribution is 2.06. The number of hydrogen-bond acceptors (Lipinski definition) is 3. The molecule has 0 spiro atoms. The molecule has 5 heteroatoms. The van der Waals surface area contributed by atoms with Crippen LogP contribution in [-0.2, 0) is 22.6 Å². The van der Waals surface area contributed by atoms with E-state index in [0.717, 1.165) is 11.1 Å². The SMILES string of the molecule is O=C(O)CN(CCc1ccccc1)C(=O)OCc1ccccc1. The van der Waals surface area contributed by atoms with Gasteiger partial charge in [-0.25, -0.2) is 4.79 Å². The van der Waals surface area contributed by atoms with Crippen LogP contribution in [0.25, 0.3) is 0 Å². The van der Waals surface area contributed by atoms with Crippen LogP contribution in [0.1, 0.15) is 11.1 Å². The number of carbonyl (C=O) groups excluding carboxylic acids is 1. The Kier molecular flexibility index (Phi) is 6.17. The molecule has 0 bridgehead atoms. The number of amides is 1. The molecule has 0 radical (unpaired) electrons. The average Bonchev–Trinajstić information content (AvgIpc) is 2.58. The third kappa shape index (κ3) is 5.82. The van der Waals surface area contributed by atoms with Crippen molar-refractivity contribution in [2.45, 2.75) is 13.0 Å². The number of ether oxygens (including phenoxy) is 1. The van der Waals surface area contributed by atoms with Crippen LogP contribution in [0.4, 0.5) is 4.79 Å². The van der Waals surface area contributed by atoms with Crippen molar-refractivity contribution < 1.29 is 19.4 Å². The van der Waals surface area contributed by atoms with Gasteiger partial charge in [0.25, 0.3) is 0 Å². The molecule has 0 unspecified atom stereocenters. The molecule has 2 aromatic rings. The molecule has 23 heavy (non-hydrogen) atoms. The van der Waals surface area contributed by atoms with Crippen molar-refractivity contribution in [3.8, 4) is 0 Å². The Labute approximate surface area is 135 Å². The highest BCUT2D eigenvalue weighted by molar-refractivity contribution is 5.76. The molecule has 0 aliphatic rings. The molecule has 120 valence electrons. The summed E-state index contributed by atoms with van der Waals surface area (Å²) in [5.41, 5.74) is 1.90. The molecule has 0 atom stereocenters. The summed E-state index contributed by atoms with van der Waals surface area (Å²) in [4.78, 5) is 24.3. The smallest absolute Gasteiger partial charge is 0.410 e. The largest absolute Gasteiger partial charge is 0.480 e.